The molecule has 0 aliphatic rings. The van der Waals surface area contributed by atoms with Gasteiger partial charge >= 0.3 is 5.51 Å². The largest absolute Gasteiger partial charge is 0.501 e. The second-order valence-electron chi connectivity index (χ2n) is 5.75. The molecule has 0 unspecified atom stereocenters. The third kappa shape index (κ3) is 4.22. The average molecular weight is 401 g/mol. The number of benzene rings is 2. The summed E-state index contributed by atoms with van der Waals surface area (Å²) in [5, 5.41) is 8.88. The van der Waals surface area contributed by atoms with Crippen molar-refractivity contribution in [3.63, 3.8) is 0 Å². The number of rotatable bonds is 5. The van der Waals surface area contributed by atoms with Gasteiger partial charge in [0.1, 0.15) is 17.3 Å². The number of nitrogens with zero attached hydrogens (tertiary/aromatic N) is 1. The molecule has 0 amide bonds. The predicted octanol–water partition coefficient (Wildman–Crippen LogP) is 5.04. The molecule has 0 N–H and O–H groups in total. The van der Waals surface area contributed by atoms with Crippen molar-refractivity contribution in [2.24, 2.45) is 0 Å². The summed E-state index contributed by atoms with van der Waals surface area (Å²) in [5.41, 5.74) is -5.23. The molecule has 0 atom stereocenters. The zero-order valence-electron chi connectivity index (χ0n) is 14.4. The molecule has 27 heavy (non-hydrogen) atoms. The Hall–Kier alpha value is -2.60. The van der Waals surface area contributed by atoms with Gasteiger partial charge in [-0.3, -0.25) is 0 Å². The smallest absolute Gasteiger partial charge is 0.457 e. The molecule has 0 saturated carbocycles. The number of ether oxygens (including phenoxy) is 1. The Labute approximate surface area is 153 Å². The van der Waals surface area contributed by atoms with Crippen molar-refractivity contribution in [2.75, 3.05) is 0 Å². The van der Waals surface area contributed by atoms with Crippen LogP contribution >= 0.6 is 0 Å². The van der Waals surface area contributed by atoms with Gasteiger partial charge in [-0.2, -0.15) is 18.4 Å². The fourth-order valence-corrected chi connectivity index (χ4v) is 3.65. The fourth-order valence-electron chi connectivity index (χ4n) is 2.57. The number of alkyl halides is 3. The Kier molecular flexibility index (Phi) is 5.80. The Bertz CT molecular complexity index is 1010. The van der Waals surface area contributed by atoms with Gasteiger partial charge in [0.25, 0.3) is 9.84 Å². The Morgan fingerprint density at radius 2 is 1.85 bits per heavy atom. The Morgan fingerprint density at radius 1 is 1.19 bits per heavy atom. The number of nitriles is 1. The molecule has 0 aromatic heterocycles. The normalized spacial score (nSPS) is 11.9. The van der Waals surface area contributed by atoms with E-state index < -0.39 is 26.1 Å². The molecule has 0 heterocycles. The summed E-state index contributed by atoms with van der Waals surface area (Å²) in [6, 6.07) is 6.96. The van der Waals surface area contributed by atoms with Crippen LogP contribution in [0.3, 0.4) is 0 Å². The lowest BCUT2D eigenvalue weighted by Crippen LogP contribution is -2.24. The summed E-state index contributed by atoms with van der Waals surface area (Å²) in [7, 11) is -5.52. The molecule has 0 radical (unpaired) electrons. The van der Waals surface area contributed by atoms with Gasteiger partial charge in [-0.25, -0.2) is 12.8 Å². The van der Waals surface area contributed by atoms with Crippen molar-refractivity contribution < 1.29 is 30.7 Å². The zero-order chi connectivity index (χ0) is 20.4. The first-order valence-corrected chi connectivity index (χ1v) is 9.32. The molecule has 2 aromatic rings. The molecule has 0 aliphatic heterocycles. The maximum atomic E-state index is 13.5. The maximum Gasteiger partial charge on any atom is 0.501 e. The second-order valence-corrected chi connectivity index (χ2v) is 7.66. The van der Waals surface area contributed by atoms with E-state index in [1.165, 1.54) is 13.0 Å². The van der Waals surface area contributed by atoms with Gasteiger partial charge < -0.3 is 4.74 Å². The molecule has 0 bridgehead atoms. The lowest BCUT2D eigenvalue weighted by Gasteiger charge is -2.18. The molecule has 2 aromatic carbocycles. The highest BCUT2D eigenvalue weighted by Crippen LogP contribution is 2.37. The molecule has 0 spiro atoms. The topological polar surface area (TPSA) is 67.2 Å². The van der Waals surface area contributed by atoms with E-state index in [0.29, 0.717) is 6.42 Å². The quantitative estimate of drug-likeness (QED) is 0.658. The van der Waals surface area contributed by atoms with Gasteiger partial charge in [0.15, 0.2) is 0 Å². The van der Waals surface area contributed by atoms with Gasteiger partial charge in [0.2, 0.25) is 0 Å². The van der Waals surface area contributed by atoms with Crippen molar-refractivity contribution in [2.45, 2.75) is 37.1 Å². The first-order chi connectivity index (χ1) is 12.5. The van der Waals surface area contributed by atoms with Crippen LogP contribution in [0.4, 0.5) is 17.6 Å². The number of hydrogen-bond donors (Lipinski definition) is 0. The third-order valence-electron chi connectivity index (χ3n) is 3.83. The highest BCUT2D eigenvalue weighted by atomic mass is 32.2. The van der Waals surface area contributed by atoms with Gasteiger partial charge in [-0.1, -0.05) is 13.3 Å². The molecular formula is C18H15F4NO3S. The van der Waals surface area contributed by atoms with Crippen LogP contribution in [0.5, 0.6) is 11.5 Å². The van der Waals surface area contributed by atoms with Crippen LogP contribution < -0.4 is 4.74 Å². The van der Waals surface area contributed by atoms with E-state index in [2.05, 4.69) is 0 Å². The van der Waals surface area contributed by atoms with Crippen LogP contribution in [-0.2, 0) is 16.3 Å². The van der Waals surface area contributed by atoms with E-state index >= 15 is 0 Å². The minimum absolute atomic E-state index is 0.00713. The predicted molar refractivity (Wildman–Crippen MR) is 89.6 cm³/mol. The van der Waals surface area contributed by atoms with Crippen molar-refractivity contribution in [3.8, 4) is 17.6 Å². The monoisotopic (exact) mass is 401 g/mol. The molecular weight excluding hydrogens is 386 g/mol. The van der Waals surface area contributed by atoms with Crippen LogP contribution in [0.1, 0.15) is 30.0 Å². The van der Waals surface area contributed by atoms with Crippen molar-refractivity contribution in [1.82, 2.24) is 0 Å². The summed E-state index contributed by atoms with van der Waals surface area (Å²) in [6.45, 7) is 3.13. The molecule has 0 fully saturated rings. The number of sulfone groups is 1. The van der Waals surface area contributed by atoms with Gasteiger partial charge in [0.05, 0.1) is 16.5 Å². The van der Waals surface area contributed by atoms with E-state index in [1.54, 1.807) is 13.0 Å². The lowest BCUT2D eigenvalue weighted by atomic mass is 10.0. The van der Waals surface area contributed by atoms with Crippen molar-refractivity contribution >= 4 is 9.84 Å². The third-order valence-corrected chi connectivity index (χ3v) is 5.40. The molecule has 4 nitrogen and oxygen atoms in total. The number of halogens is 4. The maximum absolute atomic E-state index is 13.5. The molecule has 2 rings (SSSR count). The SMILES string of the molecule is CCCc1c(S(=O)(=O)C(F)(F)F)ccc(Oc2cc(F)cc(C#N)c2)c1C. The summed E-state index contributed by atoms with van der Waals surface area (Å²) in [5.74, 6) is -0.663. The molecule has 0 aliphatic carbocycles. The van der Waals surface area contributed by atoms with Crippen molar-refractivity contribution in [1.29, 1.82) is 5.26 Å². The van der Waals surface area contributed by atoms with Crippen LogP contribution in [0.2, 0.25) is 0 Å². The van der Waals surface area contributed by atoms with E-state index in [9.17, 15) is 26.0 Å². The number of hydrogen-bond acceptors (Lipinski definition) is 4. The summed E-state index contributed by atoms with van der Waals surface area (Å²) < 4.78 is 81.6. The Morgan fingerprint density at radius 3 is 2.41 bits per heavy atom. The average Bonchev–Trinajstić information content (AvgIpc) is 2.56. The molecule has 0 saturated heterocycles. The van der Waals surface area contributed by atoms with E-state index in [1.807, 2.05) is 0 Å². The summed E-state index contributed by atoms with van der Waals surface area (Å²) in [4.78, 5) is -0.821. The minimum Gasteiger partial charge on any atom is -0.457 e. The molecule has 144 valence electrons. The standard InChI is InChI=1S/C18H15F4NO3S/c1-3-4-15-11(2)16(5-6-17(15)27(24,25)18(20,21)22)26-14-8-12(10-23)7-13(19)9-14/h5-9H,3-4H2,1-2H3. The van der Waals surface area contributed by atoms with Crippen LogP contribution in [0.15, 0.2) is 35.2 Å². The summed E-state index contributed by atoms with van der Waals surface area (Å²) in [6.07, 6.45) is 0.490. The van der Waals surface area contributed by atoms with E-state index in [0.717, 1.165) is 24.3 Å². The van der Waals surface area contributed by atoms with Gasteiger partial charge in [-0.15, -0.1) is 0 Å². The zero-order valence-corrected chi connectivity index (χ0v) is 15.2. The first kappa shape index (κ1) is 20.7. The first-order valence-electron chi connectivity index (χ1n) is 7.83. The summed E-state index contributed by atoms with van der Waals surface area (Å²) >= 11 is 0. The van der Waals surface area contributed by atoms with Crippen LogP contribution in [0.25, 0.3) is 0 Å². The second kappa shape index (κ2) is 7.56. The highest BCUT2D eigenvalue weighted by molar-refractivity contribution is 7.92. The van der Waals surface area contributed by atoms with Crippen molar-refractivity contribution in [3.05, 3.63) is 52.8 Å². The van der Waals surface area contributed by atoms with Gasteiger partial charge in [-0.05, 0) is 48.7 Å². The lowest BCUT2D eigenvalue weighted by molar-refractivity contribution is -0.0436. The Balaban J connectivity index is 2.58. The van der Waals surface area contributed by atoms with Gasteiger partial charge in [0, 0.05) is 6.07 Å². The van der Waals surface area contributed by atoms with Crippen LogP contribution in [-0.4, -0.2) is 13.9 Å². The van der Waals surface area contributed by atoms with Crippen LogP contribution in [0, 0.1) is 24.1 Å². The van der Waals surface area contributed by atoms with E-state index in [-0.39, 0.29) is 34.6 Å². The van der Waals surface area contributed by atoms with E-state index in [4.69, 9.17) is 10.00 Å². The highest BCUT2D eigenvalue weighted by Gasteiger charge is 2.48. The minimum atomic E-state index is -5.52. The molecule has 9 heteroatoms. The fraction of sp³-hybridized carbons (Fsp3) is 0.278.